The number of carbonyl (C=O) groups is 1. The summed E-state index contributed by atoms with van der Waals surface area (Å²) >= 11 is 0. The van der Waals surface area contributed by atoms with Crippen molar-refractivity contribution in [3.8, 4) is 0 Å². The summed E-state index contributed by atoms with van der Waals surface area (Å²) in [5, 5.41) is 3.26. The Labute approximate surface area is 73.5 Å². The van der Waals surface area contributed by atoms with Gasteiger partial charge in [0.15, 0.2) is 0 Å². The van der Waals surface area contributed by atoms with Crippen LogP contribution in [0, 0.1) is 5.92 Å². The number of nitrogens with one attached hydrogen (secondary N) is 1. The Morgan fingerprint density at radius 2 is 2.25 bits per heavy atom. The van der Waals surface area contributed by atoms with Gasteiger partial charge in [0, 0.05) is 12.5 Å². The van der Waals surface area contributed by atoms with Gasteiger partial charge in [0.2, 0.25) is 0 Å². The third-order valence-electron chi connectivity index (χ3n) is 2.31. The first-order valence-corrected chi connectivity index (χ1v) is 4.63. The van der Waals surface area contributed by atoms with Crippen molar-refractivity contribution in [1.29, 1.82) is 0 Å². The number of ether oxygens (including phenoxy) is 1. The molecule has 1 N–H and O–H groups in total. The summed E-state index contributed by atoms with van der Waals surface area (Å²) in [4.78, 5) is 11.4. The number of hydrogen-bond donors (Lipinski definition) is 1. The van der Waals surface area contributed by atoms with Crippen molar-refractivity contribution >= 4 is 5.78 Å². The van der Waals surface area contributed by atoms with Crippen LogP contribution in [0.25, 0.3) is 0 Å². The van der Waals surface area contributed by atoms with Gasteiger partial charge in [-0.25, -0.2) is 0 Å². The molecule has 3 heteroatoms. The molecule has 1 saturated heterocycles. The normalized spacial score (nSPS) is 29.2. The van der Waals surface area contributed by atoms with Crippen LogP contribution < -0.4 is 5.32 Å². The van der Waals surface area contributed by atoms with Crippen LogP contribution in [0.4, 0.5) is 0 Å². The Kier molecular flexibility index (Phi) is 3.69. The van der Waals surface area contributed by atoms with Crippen LogP contribution in [0.5, 0.6) is 0 Å². The SMILES string of the molecule is CCNC1COCC1C(=O)CC. The molecule has 1 aliphatic heterocycles. The topological polar surface area (TPSA) is 38.3 Å². The van der Waals surface area contributed by atoms with Gasteiger partial charge in [-0.15, -0.1) is 0 Å². The lowest BCUT2D eigenvalue weighted by molar-refractivity contribution is -0.122. The molecule has 1 fully saturated rings. The number of hydrogen-bond acceptors (Lipinski definition) is 3. The Morgan fingerprint density at radius 3 is 2.83 bits per heavy atom. The summed E-state index contributed by atoms with van der Waals surface area (Å²) in [5.41, 5.74) is 0. The maximum atomic E-state index is 11.4. The maximum Gasteiger partial charge on any atom is 0.139 e. The zero-order valence-corrected chi connectivity index (χ0v) is 7.80. The van der Waals surface area contributed by atoms with Crippen LogP contribution in [-0.4, -0.2) is 31.6 Å². The van der Waals surface area contributed by atoms with Crippen molar-refractivity contribution in [3.05, 3.63) is 0 Å². The number of ketones is 1. The molecule has 1 heterocycles. The van der Waals surface area contributed by atoms with Crippen LogP contribution in [0.1, 0.15) is 20.3 Å². The van der Waals surface area contributed by atoms with E-state index in [2.05, 4.69) is 5.32 Å². The highest BCUT2D eigenvalue weighted by Crippen LogP contribution is 2.15. The van der Waals surface area contributed by atoms with Crippen molar-refractivity contribution in [3.63, 3.8) is 0 Å². The molecule has 0 aliphatic carbocycles. The first-order chi connectivity index (χ1) is 5.79. The largest absolute Gasteiger partial charge is 0.379 e. The molecule has 0 bridgehead atoms. The molecule has 2 atom stereocenters. The fraction of sp³-hybridized carbons (Fsp3) is 0.889. The van der Waals surface area contributed by atoms with Gasteiger partial charge in [0.05, 0.1) is 19.1 Å². The summed E-state index contributed by atoms with van der Waals surface area (Å²) in [6.07, 6.45) is 0.621. The highest BCUT2D eigenvalue weighted by Gasteiger charge is 2.31. The summed E-state index contributed by atoms with van der Waals surface area (Å²) < 4.78 is 5.26. The molecule has 1 rings (SSSR count). The van der Waals surface area contributed by atoms with Crippen molar-refractivity contribution in [2.75, 3.05) is 19.8 Å². The highest BCUT2D eigenvalue weighted by molar-refractivity contribution is 5.81. The van der Waals surface area contributed by atoms with Gasteiger partial charge in [-0.3, -0.25) is 4.79 Å². The number of carbonyl (C=O) groups excluding carboxylic acids is 1. The molecular formula is C9H17NO2. The van der Waals surface area contributed by atoms with Gasteiger partial charge in [-0.05, 0) is 6.54 Å². The van der Waals surface area contributed by atoms with Crippen LogP contribution in [0.2, 0.25) is 0 Å². The van der Waals surface area contributed by atoms with Crippen molar-refractivity contribution in [2.45, 2.75) is 26.3 Å². The molecule has 0 spiro atoms. The van der Waals surface area contributed by atoms with Crippen molar-refractivity contribution < 1.29 is 9.53 Å². The van der Waals surface area contributed by atoms with Gasteiger partial charge in [-0.2, -0.15) is 0 Å². The van der Waals surface area contributed by atoms with E-state index in [1.807, 2.05) is 13.8 Å². The molecule has 0 saturated carbocycles. The quantitative estimate of drug-likeness (QED) is 0.672. The molecule has 70 valence electrons. The van der Waals surface area contributed by atoms with Gasteiger partial charge in [0.25, 0.3) is 0 Å². The lowest BCUT2D eigenvalue weighted by atomic mass is 9.97. The first kappa shape index (κ1) is 9.68. The Hall–Kier alpha value is -0.410. The molecular weight excluding hydrogens is 154 g/mol. The minimum absolute atomic E-state index is 0.0925. The minimum Gasteiger partial charge on any atom is -0.379 e. The Balaban J connectivity index is 2.45. The number of rotatable bonds is 4. The van der Waals surface area contributed by atoms with Crippen molar-refractivity contribution in [2.24, 2.45) is 5.92 Å². The predicted octanol–water partition coefficient (Wildman–Crippen LogP) is 0.590. The van der Waals surface area contributed by atoms with Crippen LogP contribution >= 0.6 is 0 Å². The molecule has 2 unspecified atom stereocenters. The van der Waals surface area contributed by atoms with Crippen LogP contribution in [0.3, 0.4) is 0 Å². The summed E-state index contributed by atoms with van der Waals surface area (Å²) in [6, 6.07) is 0.252. The molecule has 0 aromatic rings. The average Bonchev–Trinajstić information content (AvgIpc) is 2.52. The predicted molar refractivity (Wildman–Crippen MR) is 47.1 cm³/mol. The molecule has 0 aromatic heterocycles. The minimum atomic E-state index is 0.0925. The van der Waals surface area contributed by atoms with E-state index in [1.165, 1.54) is 0 Å². The molecule has 0 aromatic carbocycles. The number of Topliss-reactive ketones (excluding diaryl/α,β-unsaturated/α-hetero) is 1. The van der Waals surface area contributed by atoms with Crippen LogP contribution in [-0.2, 0) is 9.53 Å². The smallest absolute Gasteiger partial charge is 0.139 e. The van der Waals surface area contributed by atoms with E-state index in [1.54, 1.807) is 0 Å². The fourth-order valence-electron chi connectivity index (χ4n) is 1.60. The summed E-state index contributed by atoms with van der Waals surface area (Å²) in [5.74, 6) is 0.411. The second-order valence-electron chi connectivity index (χ2n) is 3.13. The van der Waals surface area contributed by atoms with E-state index in [4.69, 9.17) is 4.74 Å². The summed E-state index contributed by atoms with van der Waals surface area (Å²) in [6.45, 7) is 6.14. The second-order valence-corrected chi connectivity index (χ2v) is 3.13. The van der Waals surface area contributed by atoms with Crippen LogP contribution in [0.15, 0.2) is 0 Å². The van der Waals surface area contributed by atoms with Crippen molar-refractivity contribution in [1.82, 2.24) is 5.32 Å². The maximum absolute atomic E-state index is 11.4. The standard InChI is InChI=1S/C9H17NO2/c1-3-9(11)7-5-12-6-8(7)10-4-2/h7-8,10H,3-6H2,1-2H3. The van der Waals surface area contributed by atoms with E-state index in [0.29, 0.717) is 25.4 Å². The molecule has 0 radical (unpaired) electrons. The molecule has 1 aliphatic rings. The highest BCUT2D eigenvalue weighted by atomic mass is 16.5. The fourth-order valence-corrected chi connectivity index (χ4v) is 1.60. The third-order valence-corrected chi connectivity index (χ3v) is 2.31. The Morgan fingerprint density at radius 1 is 1.50 bits per heavy atom. The van der Waals surface area contributed by atoms with E-state index in [-0.39, 0.29) is 12.0 Å². The zero-order valence-electron chi connectivity index (χ0n) is 7.80. The molecule has 12 heavy (non-hydrogen) atoms. The van der Waals surface area contributed by atoms with Gasteiger partial charge < -0.3 is 10.1 Å². The lowest BCUT2D eigenvalue weighted by Gasteiger charge is -2.15. The Bertz CT molecular complexity index is 159. The molecule has 3 nitrogen and oxygen atoms in total. The van der Waals surface area contributed by atoms with Gasteiger partial charge >= 0.3 is 0 Å². The van der Waals surface area contributed by atoms with Gasteiger partial charge in [-0.1, -0.05) is 13.8 Å². The first-order valence-electron chi connectivity index (χ1n) is 4.63. The second kappa shape index (κ2) is 4.58. The monoisotopic (exact) mass is 171 g/mol. The van der Waals surface area contributed by atoms with E-state index >= 15 is 0 Å². The van der Waals surface area contributed by atoms with E-state index < -0.39 is 0 Å². The van der Waals surface area contributed by atoms with E-state index in [9.17, 15) is 4.79 Å². The third kappa shape index (κ3) is 2.05. The zero-order chi connectivity index (χ0) is 8.97. The lowest BCUT2D eigenvalue weighted by Crippen LogP contribution is -2.38. The molecule has 0 amide bonds. The average molecular weight is 171 g/mol. The van der Waals surface area contributed by atoms with E-state index in [0.717, 1.165) is 6.54 Å². The van der Waals surface area contributed by atoms with Gasteiger partial charge in [0.1, 0.15) is 5.78 Å². The number of likely N-dealkylation sites (N-methyl/N-ethyl adjacent to an activating group) is 1. The summed E-state index contributed by atoms with van der Waals surface area (Å²) in [7, 11) is 0.